The zero-order valence-electron chi connectivity index (χ0n) is 14.1. The van der Waals surface area contributed by atoms with E-state index in [2.05, 4.69) is 26.1 Å². The number of amides is 1. The minimum absolute atomic E-state index is 0.0701. The second-order valence-electron chi connectivity index (χ2n) is 7.08. The minimum Gasteiger partial charge on any atom is -0.468 e. The second kappa shape index (κ2) is 6.03. The number of carbonyl (C=O) groups excluding carboxylic acids is 2. The fourth-order valence-corrected chi connectivity index (χ4v) is 4.35. The molecule has 0 aromatic heterocycles. The number of nitrogens with one attached hydrogen (secondary N) is 1. The molecule has 0 radical (unpaired) electrons. The molecule has 1 saturated heterocycles. The molecule has 1 aliphatic carbocycles. The largest absolute Gasteiger partial charge is 0.468 e. The fraction of sp³-hybridized carbons (Fsp3) is 0.765. The molecule has 5 nitrogen and oxygen atoms in total. The number of aliphatic hydroxyl groups excluding tert-OH is 1. The third-order valence-electron chi connectivity index (χ3n) is 5.40. The van der Waals surface area contributed by atoms with Gasteiger partial charge in [0.05, 0.1) is 13.7 Å². The summed E-state index contributed by atoms with van der Waals surface area (Å²) >= 11 is 0. The molecule has 1 heterocycles. The first-order valence-electron chi connectivity index (χ1n) is 7.99. The highest BCUT2D eigenvalue weighted by molar-refractivity contribution is 6.06. The van der Waals surface area contributed by atoms with Crippen molar-refractivity contribution in [1.29, 1.82) is 0 Å². The topological polar surface area (TPSA) is 75.6 Å². The minimum atomic E-state index is -1.30. The fourth-order valence-electron chi connectivity index (χ4n) is 4.35. The molecule has 2 rings (SSSR count). The van der Waals surface area contributed by atoms with Crippen LogP contribution < -0.4 is 5.32 Å². The number of ether oxygens (including phenoxy) is 1. The smallest absolute Gasteiger partial charge is 0.322 e. The van der Waals surface area contributed by atoms with Crippen LogP contribution in [0.5, 0.6) is 0 Å². The zero-order valence-corrected chi connectivity index (χ0v) is 14.1. The number of fused-ring (bicyclic) bond motifs is 1. The Morgan fingerprint density at radius 2 is 2.14 bits per heavy atom. The van der Waals surface area contributed by atoms with Gasteiger partial charge in [-0.25, -0.2) is 0 Å². The molecule has 0 aromatic rings. The van der Waals surface area contributed by atoms with Gasteiger partial charge < -0.3 is 15.2 Å². The molecule has 5 atom stereocenters. The van der Waals surface area contributed by atoms with Crippen molar-refractivity contribution < 1.29 is 19.4 Å². The first kappa shape index (κ1) is 17.0. The van der Waals surface area contributed by atoms with Crippen LogP contribution in [-0.2, 0) is 14.3 Å². The van der Waals surface area contributed by atoms with Crippen LogP contribution in [0.1, 0.15) is 34.1 Å². The van der Waals surface area contributed by atoms with E-state index in [0.29, 0.717) is 5.92 Å². The van der Waals surface area contributed by atoms with Crippen molar-refractivity contribution in [2.24, 2.45) is 29.1 Å². The molecule has 1 fully saturated rings. The third-order valence-corrected chi connectivity index (χ3v) is 5.40. The maximum atomic E-state index is 12.8. The Labute approximate surface area is 132 Å². The highest BCUT2D eigenvalue weighted by Gasteiger charge is 2.67. The van der Waals surface area contributed by atoms with Crippen molar-refractivity contribution in [2.75, 3.05) is 13.7 Å². The van der Waals surface area contributed by atoms with Crippen LogP contribution in [0.2, 0.25) is 0 Å². The van der Waals surface area contributed by atoms with Gasteiger partial charge in [0.1, 0.15) is 0 Å². The number of carbonyl (C=O) groups is 2. The van der Waals surface area contributed by atoms with E-state index in [0.717, 1.165) is 12.0 Å². The molecule has 1 aliphatic heterocycles. The number of hydrogen-bond acceptors (Lipinski definition) is 4. The van der Waals surface area contributed by atoms with Crippen molar-refractivity contribution >= 4 is 11.9 Å². The van der Waals surface area contributed by atoms with Gasteiger partial charge in [-0.15, -0.1) is 0 Å². The van der Waals surface area contributed by atoms with Crippen LogP contribution in [-0.4, -0.2) is 36.7 Å². The van der Waals surface area contributed by atoms with E-state index in [1.54, 1.807) is 0 Å². The highest BCUT2D eigenvalue weighted by atomic mass is 16.5. The molecule has 5 heteroatoms. The summed E-state index contributed by atoms with van der Waals surface area (Å²) in [5.74, 6) is -1.05. The van der Waals surface area contributed by atoms with Gasteiger partial charge in [-0.3, -0.25) is 9.59 Å². The number of rotatable bonds is 4. The van der Waals surface area contributed by atoms with E-state index in [4.69, 9.17) is 4.74 Å². The quantitative estimate of drug-likeness (QED) is 0.469. The summed E-state index contributed by atoms with van der Waals surface area (Å²) in [5.41, 5.74) is -0.184. The van der Waals surface area contributed by atoms with E-state index in [1.165, 1.54) is 7.11 Å². The molecule has 0 unspecified atom stereocenters. The number of methoxy groups -OCH3 is 1. The Morgan fingerprint density at radius 1 is 1.50 bits per heavy atom. The molecule has 0 spiro atoms. The van der Waals surface area contributed by atoms with Crippen molar-refractivity contribution in [3.63, 3.8) is 0 Å². The van der Waals surface area contributed by atoms with Crippen molar-refractivity contribution in [1.82, 2.24) is 5.32 Å². The Morgan fingerprint density at radius 3 is 2.64 bits per heavy atom. The Bertz CT molecular complexity index is 499. The maximum Gasteiger partial charge on any atom is 0.322 e. The predicted molar refractivity (Wildman–Crippen MR) is 82.8 cm³/mol. The first-order valence-corrected chi connectivity index (χ1v) is 7.99. The number of esters is 1. The molecule has 22 heavy (non-hydrogen) atoms. The molecule has 2 aliphatic rings. The van der Waals surface area contributed by atoms with Crippen LogP contribution >= 0.6 is 0 Å². The molecular formula is C17H27NO4. The summed E-state index contributed by atoms with van der Waals surface area (Å²) in [7, 11) is 1.31. The van der Waals surface area contributed by atoms with E-state index < -0.39 is 17.3 Å². The van der Waals surface area contributed by atoms with Gasteiger partial charge in [-0.2, -0.15) is 0 Å². The number of aliphatic hydroxyl groups is 1. The average Bonchev–Trinajstić information content (AvgIpc) is 2.75. The van der Waals surface area contributed by atoms with Gasteiger partial charge in [-0.05, 0) is 25.2 Å². The van der Waals surface area contributed by atoms with Gasteiger partial charge in [0.2, 0.25) is 5.91 Å². The van der Waals surface area contributed by atoms with E-state index in [-0.39, 0.29) is 30.4 Å². The van der Waals surface area contributed by atoms with Crippen molar-refractivity contribution in [2.45, 2.75) is 40.2 Å². The van der Waals surface area contributed by atoms with Gasteiger partial charge in [-0.1, -0.05) is 32.4 Å². The second-order valence-corrected chi connectivity index (χ2v) is 7.08. The summed E-state index contributed by atoms with van der Waals surface area (Å²) in [6.45, 7) is 8.02. The van der Waals surface area contributed by atoms with Crippen molar-refractivity contribution in [3.05, 3.63) is 11.6 Å². The van der Waals surface area contributed by atoms with E-state index >= 15 is 0 Å². The Hall–Kier alpha value is -1.36. The van der Waals surface area contributed by atoms with Crippen LogP contribution in [0.25, 0.3) is 0 Å². The third kappa shape index (κ3) is 2.26. The van der Waals surface area contributed by atoms with Crippen molar-refractivity contribution in [3.8, 4) is 0 Å². The van der Waals surface area contributed by atoms with E-state index in [9.17, 15) is 14.7 Å². The summed E-state index contributed by atoms with van der Waals surface area (Å²) < 4.78 is 4.99. The molecule has 1 amide bonds. The monoisotopic (exact) mass is 309 g/mol. The van der Waals surface area contributed by atoms with E-state index in [1.807, 2.05) is 13.0 Å². The zero-order chi connectivity index (χ0) is 16.7. The average molecular weight is 309 g/mol. The molecule has 2 N–H and O–H groups in total. The van der Waals surface area contributed by atoms with Crippen LogP contribution in [0.15, 0.2) is 11.6 Å². The lowest BCUT2D eigenvalue weighted by Gasteiger charge is -2.43. The Balaban J connectivity index is 2.58. The van der Waals surface area contributed by atoms with Gasteiger partial charge in [0.25, 0.3) is 0 Å². The summed E-state index contributed by atoms with van der Waals surface area (Å²) in [6, 6.07) is -0.0701. The van der Waals surface area contributed by atoms with Crippen LogP contribution in [0.3, 0.4) is 0 Å². The van der Waals surface area contributed by atoms with Gasteiger partial charge in [0.15, 0.2) is 5.41 Å². The number of allylic oxidation sites excluding steroid dienone is 1. The number of hydrogen-bond donors (Lipinski definition) is 2. The van der Waals surface area contributed by atoms with Crippen LogP contribution in [0, 0.1) is 29.1 Å². The SMILES string of the molecule is COC(=O)[C@@]12C(=O)N[C@@H](CC(C)C)[C@@H]1[C@H](C)C(C)=C[C@@H]2CO. The molecule has 0 aromatic carbocycles. The summed E-state index contributed by atoms with van der Waals surface area (Å²) in [4.78, 5) is 25.4. The molecule has 0 saturated carbocycles. The normalized spacial score (nSPS) is 37.6. The lowest BCUT2D eigenvalue weighted by Crippen LogP contribution is -2.54. The van der Waals surface area contributed by atoms with Gasteiger partial charge in [0, 0.05) is 17.9 Å². The first-order chi connectivity index (χ1) is 10.3. The molecule has 0 bridgehead atoms. The molecule has 124 valence electrons. The molecular weight excluding hydrogens is 282 g/mol. The van der Waals surface area contributed by atoms with Crippen LogP contribution in [0.4, 0.5) is 0 Å². The summed E-state index contributed by atoms with van der Waals surface area (Å²) in [6.07, 6.45) is 2.68. The lowest BCUT2D eigenvalue weighted by molar-refractivity contribution is -0.166. The highest BCUT2D eigenvalue weighted by Crippen LogP contribution is 2.53. The summed E-state index contributed by atoms with van der Waals surface area (Å²) in [5, 5.41) is 12.8. The lowest BCUT2D eigenvalue weighted by atomic mass is 9.57. The predicted octanol–water partition coefficient (Wildman–Crippen LogP) is 1.51. The Kier molecular flexibility index (Phi) is 4.66. The van der Waals surface area contributed by atoms with Gasteiger partial charge >= 0.3 is 5.97 Å². The maximum absolute atomic E-state index is 12.8. The standard InChI is InChI=1S/C17H27NO4/c1-9(2)6-13-14-11(4)10(3)7-12(8-19)17(14,15(20)18-13)16(21)22-5/h7,9,11-14,19H,6,8H2,1-5H3,(H,18,20)/t11-,12-,13+,14+,17-/m1/s1.